The van der Waals surface area contributed by atoms with Crippen LogP contribution in [0.5, 0.6) is 0 Å². The Balaban J connectivity index is 1.83. The number of nitrogens with two attached hydrogens (primary N) is 1. The van der Waals surface area contributed by atoms with E-state index in [0.717, 1.165) is 29.1 Å². The largest absolute Gasteiger partial charge is 0.345 e. The zero-order chi connectivity index (χ0) is 15.7. The van der Waals surface area contributed by atoms with E-state index in [-0.39, 0.29) is 11.4 Å². The first-order valence-electron chi connectivity index (χ1n) is 7.59. The van der Waals surface area contributed by atoms with Gasteiger partial charge >= 0.3 is 0 Å². The van der Waals surface area contributed by atoms with Crippen LogP contribution in [0.4, 0.5) is 0 Å². The van der Waals surface area contributed by atoms with Crippen molar-refractivity contribution in [3.63, 3.8) is 0 Å². The highest BCUT2D eigenvalue weighted by Gasteiger charge is 2.42. The number of thiazole rings is 1. The first-order valence-corrected chi connectivity index (χ1v) is 8.40. The Morgan fingerprint density at radius 3 is 2.68 bits per heavy atom. The number of amides is 1. The van der Waals surface area contributed by atoms with Gasteiger partial charge in [0.2, 0.25) is 0 Å². The van der Waals surface area contributed by atoms with Gasteiger partial charge in [0.05, 0.1) is 11.2 Å². The van der Waals surface area contributed by atoms with Crippen LogP contribution in [0.25, 0.3) is 10.6 Å². The van der Waals surface area contributed by atoms with Crippen LogP contribution in [0.2, 0.25) is 0 Å². The lowest BCUT2D eigenvalue weighted by Crippen LogP contribution is -2.53. The number of aryl methyl sites for hydroxylation is 1. The molecule has 5 heteroatoms. The summed E-state index contributed by atoms with van der Waals surface area (Å²) in [6.07, 6.45) is 2.29. The number of benzene rings is 1. The number of nitrogens with zero attached hydrogens (tertiary/aromatic N) is 1. The van der Waals surface area contributed by atoms with E-state index >= 15 is 0 Å². The average Bonchev–Trinajstić information content (AvgIpc) is 3.31. The van der Waals surface area contributed by atoms with Crippen molar-refractivity contribution in [2.75, 3.05) is 6.54 Å². The number of carbonyl (C=O) groups excluding carboxylic acids is 1. The van der Waals surface area contributed by atoms with E-state index in [1.54, 1.807) is 0 Å². The topological polar surface area (TPSA) is 68.0 Å². The van der Waals surface area contributed by atoms with Crippen LogP contribution in [0.15, 0.2) is 30.3 Å². The third kappa shape index (κ3) is 2.91. The second kappa shape index (κ2) is 5.82. The third-order valence-corrected chi connectivity index (χ3v) is 5.53. The summed E-state index contributed by atoms with van der Waals surface area (Å²) in [6, 6.07) is 9.94. The summed E-state index contributed by atoms with van der Waals surface area (Å²) in [5.41, 5.74) is 7.39. The molecule has 3 N–H and O–H groups in total. The van der Waals surface area contributed by atoms with Gasteiger partial charge in [-0.1, -0.05) is 30.3 Å². The highest BCUT2D eigenvalue weighted by Crippen LogP contribution is 2.39. The number of hydrogen-bond acceptors (Lipinski definition) is 4. The molecule has 2 aromatic rings. The van der Waals surface area contributed by atoms with Crippen molar-refractivity contribution in [3.8, 4) is 10.6 Å². The molecule has 1 heterocycles. The van der Waals surface area contributed by atoms with Gasteiger partial charge in [-0.3, -0.25) is 4.79 Å². The minimum absolute atomic E-state index is 0.0583. The predicted molar refractivity (Wildman–Crippen MR) is 89.9 cm³/mol. The van der Waals surface area contributed by atoms with Gasteiger partial charge in [-0.15, -0.1) is 11.3 Å². The summed E-state index contributed by atoms with van der Waals surface area (Å²) < 4.78 is 0. The van der Waals surface area contributed by atoms with Crippen molar-refractivity contribution in [2.45, 2.75) is 32.2 Å². The summed E-state index contributed by atoms with van der Waals surface area (Å²) >= 11 is 1.44. The summed E-state index contributed by atoms with van der Waals surface area (Å²) in [5, 5.41) is 4.01. The van der Waals surface area contributed by atoms with Crippen LogP contribution in [-0.2, 0) is 0 Å². The fourth-order valence-corrected chi connectivity index (χ4v) is 3.63. The minimum atomic E-state index is -0.305. The molecular formula is C17H21N3OS. The predicted octanol–water partition coefficient (Wildman–Crippen LogP) is 2.98. The minimum Gasteiger partial charge on any atom is -0.345 e. The first-order chi connectivity index (χ1) is 10.5. The quantitative estimate of drug-likeness (QED) is 0.891. The summed E-state index contributed by atoms with van der Waals surface area (Å²) in [6.45, 7) is 4.39. The Kier molecular flexibility index (Phi) is 4.02. The second-order valence-corrected chi connectivity index (χ2v) is 7.15. The third-order valence-electron chi connectivity index (χ3n) is 4.33. The summed E-state index contributed by atoms with van der Waals surface area (Å²) in [7, 11) is 0. The van der Waals surface area contributed by atoms with Gasteiger partial charge in [0.15, 0.2) is 0 Å². The van der Waals surface area contributed by atoms with Crippen molar-refractivity contribution >= 4 is 17.2 Å². The van der Waals surface area contributed by atoms with Crippen molar-refractivity contribution in [1.29, 1.82) is 0 Å². The molecule has 0 aliphatic heterocycles. The lowest BCUT2D eigenvalue weighted by molar-refractivity contribution is 0.0901. The number of rotatable bonds is 5. The van der Waals surface area contributed by atoms with Crippen molar-refractivity contribution in [3.05, 3.63) is 40.9 Å². The molecule has 0 radical (unpaired) electrons. The van der Waals surface area contributed by atoms with Crippen LogP contribution < -0.4 is 11.1 Å². The van der Waals surface area contributed by atoms with Gasteiger partial charge in [0.25, 0.3) is 5.91 Å². The average molecular weight is 315 g/mol. The zero-order valence-corrected chi connectivity index (χ0v) is 13.7. The van der Waals surface area contributed by atoms with Gasteiger partial charge in [-0.25, -0.2) is 4.98 Å². The highest BCUT2D eigenvalue weighted by atomic mass is 32.1. The maximum absolute atomic E-state index is 12.6. The number of aromatic nitrogens is 1. The van der Waals surface area contributed by atoms with E-state index in [9.17, 15) is 4.79 Å². The molecule has 1 aromatic heterocycles. The molecular weight excluding hydrogens is 294 g/mol. The standard InChI is InChI=1S/C17H21N3OS/c1-11-14(15(21)20-17(2,10-18)13-8-9-13)22-16(19-11)12-6-4-3-5-7-12/h3-7,13H,8-10,18H2,1-2H3,(H,20,21). The Hall–Kier alpha value is -1.72. The normalized spacial score (nSPS) is 17.0. The molecule has 0 bridgehead atoms. The molecule has 0 spiro atoms. The van der Waals surface area contributed by atoms with Crippen LogP contribution in [-0.4, -0.2) is 23.0 Å². The molecule has 1 unspecified atom stereocenters. The fourth-order valence-electron chi connectivity index (χ4n) is 2.67. The van der Waals surface area contributed by atoms with Crippen LogP contribution in [0, 0.1) is 12.8 Å². The van der Waals surface area contributed by atoms with Crippen LogP contribution in [0.1, 0.15) is 35.1 Å². The SMILES string of the molecule is Cc1nc(-c2ccccc2)sc1C(=O)NC(C)(CN)C1CC1. The van der Waals surface area contributed by atoms with Crippen molar-refractivity contribution < 1.29 is 4.79 Å². The molecule has 1 aliphatic carbocycles. The zero-order valence-electron chi connectivity index (χ0n) is 12.9. The molecule has 116 valence electrons. The maximum Gasteiger partial charge on any atom is 0.263 e. The molecule has 1 fully saturated rings. The summed E-state index contributed by atoms with van der Waals surface area (Å²) in [5.74, 6) is 0.445. The molecule has 1 aromatic carbocycles. The molecule has 1 atom stereocenters. The molecule has 3 rings (SSSR count). The molecule has 4 nitrogen and oxygen atoms in total. The van der Waals surface area contributed by atoms with Gasteiger partial charge in [0, 0.05) is 12.1 Å². The van der Waals surface area contributed by atoms with E-state index in [0.29, 0.717) is 17.3 Å². The Morgan fingerprint density at radius 2 is 2.09 bits per heavy atom. The fraction of sp³-hybridized carbons (Fsp3) is 0.412. The van der Waals surface area contributed by atoms with E-state index < -0.39 is 0 Å². The second-order valence-electron chi connectivity index (χ2n) is 6.15. The lowest BCUT2D eigenvalue weighted by Gasteiger charge is -2.29. The van der Waals surface area contributed by atoms with Gasteiger partial charge in [-0.2, -0.15) is 0 Å². The van der Waals surface area contributed by atoms with Crippen LogP contribution in [0.3, 0.4) is 0 Å². The van der Waals surface area contributed by atoms with Crippen LogP contribution >= 0.6 is 11.3 Å². The molecule has 1 amide bonds. The summed E-state index contributed by atoms with van der Waals surface area (Å²) in [4.78, 5) is 17.8. The Bertz CT molecular complexity index is 678. The first kappa shape index (κ1) is 15.2. The highest BCUT2D eigenvalue weighted by molar-refractivity contribution is 7.17. The molecule has 0 saturated heterocycles. The Morgan fingerprint density at radius 1 is 1.41 bits per heavy atom. The van der Waals surface area contributed by atoms with Gasteiger partial charge < -0.3 is 11.1 Å². The number of nitrogens with one attached hydrogen (secondary N) is 1. The smallest absolute Gasteiger partial charge is 0.263 e. The maximum atomic E-state index is 12.6. The van der Waals surface area contributed by atoms with Gasteiger partial charge in [0.1, 0.15) is 9.88 Å². The van der Waals surface area contributed by atoms with Gasteiger partial charge in [-0.05, 0) is 32.6 Å². The van der Waals surface area contributed by atoms with E-state index in [4.69, 9.17) is 5.73 Å². The number of carbonyl (C=O) groups is 1. The van der Waals surface area contributed by atoms with Crippen molar-refractivity contribution in [2.24, 2.45) is 11.7 Å². The molecule has 1 aliphatic rings. The number of hydrogen-bond donors (Lipinski definition) is 2. The van der Waals surface area contributed by atoms with Crippen molar-refractivity contribution in [1.82, 2.24) is 10.3 Å². The van der Waals surface area contributed by atoms with E-state index in [1.807, 2.05) is 44.2 Å². The lowest BCUT2D eigenvalue weighted by atomic mass is 9.96. The van der Waals surface area contributed by atoms with E-state index in [2.05, 4.69) is 10.3 Å². The monoisotopic (exact) mass is 315 g/mol. The molecule has 1 saturated carbocycles. The van der Waals surface area contributed by atoms with E-state index in [1.165, 1.54) is 11.3 Å². The molecule has 22 heavy (non-hydrogen) atoms. The Labute approximate surface area is 134 Å².